The van der Waals surface area contributed by atoms with Crippen molar-refractivity contribution in [1.29, 1.82) is 0 Å². The van der Waals surface area contributed by atoms with Crippen LogP contribution in [0.4, 0.5) is 0 Å². The summed E-state index contributed by atoms with van der Waals surface area (Å²) in [6.45, 7) is 20.6. The van der Waals surface area contributed by atoms with E-state index in [0.29, 0.717) is 12.1 Å². The predicted molar refractivity (Wildman–Crippen MR) is 197 cm³/mol. The zero-order valence-electron chi connectivity index (χ0n) is 29.6. The molecule has 0 aliphatic heterocycles. The lowest BCUT2D eigenvalue weighted by Gasteiger charge is -2.21. The molecule has 0 radical (unpaired) electrons. The number of hydrogen-bond acceptors (Lipinski definition) is 4. The van der Waals surface area contributed by atoms with Crippen molar-refractivity contribution >= 4 is 33.6 Å². The molecule has 0 unspecified atom stereocenters. The third-order valence-electron chi connectivity index (χ3n) is 7.73. The van der Waals surface area contributed by atoms with Gasteiger partial charge in [0.25, 0.3) is 0 Å². The first-order valence-corrected chi connectivity index (χ1v) is 16.7. The van der Waals surface area contributed by atoms with E-state index in [2.05, 4.69) is 99.0 Å². The van der Waals surface area contributed by atoms with Crippen LogP contribution in [0.15, 0.2) is 91.0 Å². The summed E-state index contributed by atoms with van der Waals surface area (Å²) >= 11 is 0. The number of ether oxygens (including phenoxy) is 1. The summed E-state index contributed by atoms with van der Waals surface area (Å²) in [6, 6.07) is 21.1. The lowest BCUT2D eigenvalue weighted by Crippen LogP contribution is -2.25. The number of carbonyl (C=O) groups excluding carboxylic acids is 1. The van der Waals surface area contributed by atoms with Gasteiger partial charge in [0, 0.05) is 25.6 Å². The molecular formula is C41H50N4O2. The van der Waals surface area contributed by atoms with Gasteiger partial charge in [0.05, 0.1) is 27.6 Å². The largest absolute Gasteiger partial charge is 0.456 e. The van der Waals surface area contributed by atoms with Gasteiger partial charge in [-0.25, -0.2) is 14.8 Å². The fraction of sp³-hybridized carbons (Fsp3) is 0.341. The zero-order chi connectivity index (χ0) is 34.3. The first-order valence-electron chi connectivity index (χ1n) is 16.7. The van der Waals surface area contributed by atoms with Gasteiger partial charge in [0.15, 0.2) is 0 Å². The van der Waals surface area contributed by atoms with Crippen molar-refractivity contribution in [1.82, 2.24) is 19.1 Å². The van der Waals surface area contributed by atoms with Gasteiger partial charge in [-0.1, -0.05) is 82.3 Å². The highest BCUT2D eigenvalue weighted by Gasteiger charge is 2.23. The lowest BCUT2D eigenvalue weighted by atomic mass is 9.96. The molecule has 0 spiro atoms. The van der Waals surface area contributed by atoms with E-state index < -0.39 is 5.60 Å². The monoisotopic (exact) mass is 630 g/mol. The summed E-state index contributed by atoms with van der Waals surface area (Å²) in [5.41, 5.74) is 9.25. The van der Waals surface area contributed by atoms with E-state index in [1.165, 1.54) is 6.42 Å². The van der Waals surface area contributed by atoms with Crippen LogP contribution in [-0.4, -0.2) is 30.7 Å². The minimum Gasteiger partial charge on any atom is -0.456 e. The summed E-state index contributed by atoms with van der Waals surface area (Å²) in [5, 5.41) is 0. The number of fused-ring (bicyclic) bond motifs is 2. The van der Waals surface area contributed by atoms with Crippen molar-refractivity contribution in [3.8, 4) is 11.4 Å². The summed E-state index contributed by atoms with van der Waals surface area (Å²) in [7, 11) is 2.07. The quantitative estimate of drug-likeness (QED) is 0.0924. The second kappa shape index (κ2) is 15.3. The Morgan fingerprint density at radius 2 is 1.66 bits per heavy atom. The van der Waals surface area contributed by atoms with Crippen LogP contribution in [0.1, 0.15) is 83.8 Å². The molecule has 6 heteroatoms. The van der Waals surface area contributed by atoms with E-state index in [1.807, 2.05) is 45.9 Å². The highest BCUT2D eigenvalue weighted by atomic mass is 16.6. The van der Waals surface area contributed by atoms with Gasteiger partial charge in [-0.2, -0.15) is 0 Å². The molecule has 0 saturated carbocycles. The SMILES string of the molecule is C=C/C=C(C(=O)OC(C)(C)C)\C(=C/C)c1ccc(Cn2c(CCC)nc3c(C)cc(-c4nc5ccccc5n4C)cc32)cc1.CCC. The highest BCUT2D eigenvalue weighted by Crippen LogP contribution is 2.31. The van der Waals surface area contributed by atoms with Gasteiger partial charge in [-0.15, -0.1) is 0 Å². The molecule has 0 fully saturated rings. The Kier molecular flexibility index (Phi) is 11.4. The van der Waals surface area contributed by atoms with Crippen molar-refractivity contribution in [3.63, 3.8) is 0 Å². The number of rotatable bonds is 9. The summed E-state index contributed by atoms with van der Waals surface area (Å²) in [5.74, 6) is 1.65. The predicted octanol–water partition coefficient (Wildman–Crippen LogP) is 10.2. The Balaban J connectivity index is 0.00000160. The van der Waals surface area contributed by atoms with Crippen molar-refractivity contribution in [2.45, 2.75) is 86.8 Å². The molecule has 246 valence electrons. The van der Waals surface area contributed by atoms with Gasteiger partial charge in [-0.05, 0) is 93.6 Å². The molecule has 0 N–H and O–H groups in total. The molecule has 47 heavy (non-hydrogen) atoms. The molecule has 0 saturated heterocycles. The number of nitrogens with zero attached hydrogens (tertiary/aromatic N) is 4. The number of carbonyl (C=O) groups is 1. The van der Waals surface area contributed by atoms with Crippen LogP contribution in [0, 0.1) is 6.92 Å². The molecule has 2 aromatic heterocycles. The fourth-order valence-electron chi connectivity index (χ4n) is 5.73. The number of hydrogen-bond donors (Lipinski definition) is 0. The Hall–Kier alpha value is -4.71. The van der Waals surface area contributed by atoms with Crippen LogP contribution in [0.2, 0.25) is 0 Å². The van der Waals surface area contributed by atoms with E-state index in [0.717, 1.165) is 74.4 Å². The first kappa shape index (κ1) is 35.1. The Bertz CT molecular complexity index is 1930. The van der Waals surface area contributed by atoms with E-state index in [1.54, 1.807) is 12.2 Å². The number of benzene rings is 3. The van der Waals surface area contributed by atoms with E-state index in [4.69, 9.17) is 14.7 Å². The molecular weight excluding hydrogens is 580 g/mol. The Morgan fingerprint density at radius 3 is 2.26 bits per heavy atom. The number of aryl methyl sites for hydroxylation is 3. The van der Waals surface area contributed by atoms with Crippen LogP contribution >= 0.6 is 0 Å². The van der Waals surface area contributed by atoms with Gasteiger partial charge in [0.2, 0.25) is 0 Å². The van der Waals surface area contributed by atoms with Crippen LogP contribution in [0.5, 0.6) is 0 Å². The van der Waals surface area contributed by atoms with Crippen molar-refractivity contribution in [2.75, 3.05) is 0 Å². The number of para-hydroxylation sites is 2. The molecule has 0 aliphatic carbocycles. The summed E-state index contributed by atoms with van der Waals surface area (Å²) in [4.78, 5) is 23.1. The second-order valence-corrected chi connectivity index (χ2v) is 12.9. The maximum absolute atomic E-state index is 13.1. The average molecular weight is 631 g/mol. The maximum atomic E-state index is 13.1. The molecule has 0 amide bonds. The summed E-state index contributed by atoms with van der Waals surface area (Å²) in [6.07, 6.45) is 8.44. The van der Waals surface area contributed by atoms with Crippen LogP contribution in [0.3, 0.4) is 0 Å². The second-order valence-electron chi connectivity index (χ2n) is 12.9. The third kappa shape index (κ3) is 7.99. The minimum absolute atomic E-state index is 0.365. The van der Waals surface area contributed by atoms with Gasteiger partial charge >= 0.3 is 5.97 Å². The van der Waals surface area contributed by atoms with Gasteiger partial charge in [-0.3, -0.25) is 0 Å². The lowest BCUT2D eigenvalue weighted by molar-refractivity contribution is -0.149. The Morgan fingerprint density at radius 1 is 0.979 bits per heavy atom. The molecule has 3 aromatic carbocycles. The number of imidazole rings is 2. The minimum atomic E-state index is -0.591. The first-order chi connectivity index (χ1) is 22.5. The van der Waals surface area contributed by atoms with Gasteiger partial charge < -0.3 is 13.9 Å². The number of esters is 1. The molecule has 5 rings (SSSR count). The molecule has 2 heterocycles. The van der Waals surface area contributed by atoms with Crippen LogP contribution in [-0.2, 0) is 29.5 Å². The smallest absolute Gasteiger partial charge is 0.339 e. The van der Waals surface area contributed by atoms with E-state index in [9.17, 15) is 4.79 Å². The zero-order valence-corrected chi connectivity index (χ0v) is 29.6. The molecule has 0 bridgehead atoms. The molecule has 0 aliphatic rings. The summed E-state index contributed by atoms with van der Waals surface area (Å²) < 4.78 is 10.2. The fourth-order valence-corrected chi connectivity index (χ4v) is 5.73. The molecule has 0 atom stereocenters. The Labute approximate surface area is 280 Å². The average Bonchev–Trinajstić information content (AvgIpc) is 3.55. The van der Waals surface area contributed by atoms with E-state index in [-0.39, 0.29) is 5.97 Å². The van der Waals surface area contributed by atoms with Crippen molar-refractivity contribution < 1.29 is 9.53 Å². The molecule has 5 aromatic rings. The number of aromatic nitrogens is 4. The molecule has 6 nitrogen and oxygen atoms in total. The van der Waals surface area contributed by atoms with Crippen LogP contribution < -0.4 is 0 Å². The number of allylic oxidation sites excluding steroid dienone is 3. The highest BCUT2D eigenvalue weighted by molar-refractivity contribution is 6.06. The van der Waals surface area contributed by atoms with Crippen molar-refractivity contribution in [3.05, 3.63) is 114 Å². The normalized spacial score (nSPS) is 12.3. The maximum Gasteiger partial charge on any atom is 0.339 e. The standard InChI is InChI=1S/C38H42N4O2.C3H8/c1-9-14-30(37(43)44-38(5,6)7)29(11-3)27-20-18-26(19-21-27)24-42-33-23-28(22-25(4)35(33)40-34(42)15-10-2)36-39-31-16-12-13-17-32(31)41(36)8;1-3-2/h9,11-14,16-23H,1,10,15,24H2,2-8H3;3H2,1-2H3/b29-11-,30-14+;. The van der Waals surface area contributed by atoms with Crippen molar-refractivity contribution in [2.24, 2.45) is 7.05 Å². The van der Waals surface area contributed by atoms with Gasteiger partial charge in [0.1, 0.15) is 17.2 Å². The van der Waals surface area contributed by atoms with Crippen LogP contribution in [0.25, 0.3) is 39.0 Å². The third-order valence-corrected chi connectivity index (χ3v) is 7.73. The van der Waals surface area contributed by atoms with E-state index >= 15 is 0 Å². The topological polar surface area (TPSA) is 61.9 Å².